The zero-order valence-corrected chi connectivity index (χ0v) is 10.3. The third-order valence-corrected chi connectivity index (χ3v) is 3.80. The Morgan fingerprint density at radius 1 is 1.33 bits per heavy atom. The fourth-order valence-corrected chi connectivity index (χ4v) is 2.89. The number of Topliss-reactive ketones (excluding diaryl/α,β-unsaturated/α-hetero) is 1. The van der Waals surface area contributed by atoms with Crippen molar-refractivity contribution in [3.05, 3.63) is 29.3 Å². The van der Waals surface area contributed by atoms with Gasteiger partial charge in [0.2, 0.25) is 5.91 Å². The molecule has 0 aliphatic carbocycles. The van der Waals surface area contributed by atoms with E-state index >= 15 is 0 Å². The average Bonchev–Trinajstić information content (AvgIpc) is 2.37. The van der Waals surface area contributed by atoms with E-state index in [4.69, 9.17) is 4.74 Å². The van der Waals surface area contributed by atoms with E-state index in [0.717, 1.165) is 17.7 Å². The maximum absolute atomic E-state index is 11.9. The van der Waals surface area contributed by atoms with Crippen LogP contribution in [0.25, 0.3) is 0 Å². The summed E-state index contributed by atoms with van der Waals surface area (Å²) >= 11 is 0. The second-order valence-corrected chi connectivity index (χ2v) is 4.84. The summed E-state index contributed by atoms with van der Waals surface area (Å²) in [7, 11) is 1.64. The maximum atomic E-state index is 11.9. The van der Waals surface area contributed by atoms with E-state index in [1.54, 1.807) is 7.11 Å². The number of amides is 1. The first-order valence-electron chi connectivity index (χ1n) is 6.17. The van der Waals surface area contributed by atoms with Crippen molar-refractivity contribution in [2.75, 3.05) is 13.7 Å². The van der Waals surface area contributed by atoms with Gasteiger partial charge in [0.25, 0.3) is 0 Å². The van der Waals surface area contributed by atoms with Gasteiger partial charge in [0.1, 0.15) is 11.5 Å². The quantitative estimate of drug-likeness (QED) is 0.704. The predicted octanol–water partition coefficient (Wildman–Crippen LogP) is 1.48. The molecule has 0 N–H and O–H groups in total. The lowest BCUT2D eigenvalue weighted by Crippen LogP contribution is -2.45. The van der Waals surface area contributed by atoms with Crippen molar-refractivity contribution in [3.63, 3.8) is 0 Å². The summed E-state index contributed by atoms with van der Waals surface area (Å²) < 4.78 is 5.21. The predicted molar refractivity (Wildman–Crippen MR) is 65.4 cm³/mol. The summed E-state index contributed by atoms with van der Waals surface area (Å²) in [5, 5.41) is 0. The summed E-state index contributed by atoms with van der Waals surface area (Å²) in [5.41, 5.74) is 2.29. The van der Waals surface area contributed by atoms with Gasteiger partial charge in [-0.1, -0.05) is 6.07 Å². The lowest BCUT2D eigenvalue weighted by atomic mass is 9.86. The number of hydrogen-bond acceptors (Lipinski definition) is 3. The smallest absolute Gasteiger partial charge is 0.230 e. The minimum atomic E-state index is -0.0617. The molecule has 4 nitrogen and oxygen atoms in total. The van der Waals surface area contributed by atoms with Crippen LogP contribution < -0.4 is 4.74 Å². The number of rotatable bonds is 1. The van der Waals surface area contributed by atoms with Crippen molar-refractivity contribution >= 4 is 11.7 Å². The highest BCUT2D eigenvalue weighted by atomic mass is 16.5. The first kappa shape index (κ1) is 11.3. The van der Waals surface area contributed by atoms with Crippen LogP contribution in [0.3, 0.4) is 0 Å². The molecular formula is C14H15NO3. The van der Waals surface area contributed by atoms with Gasteiger partial charge in [0, 0.05) is 13.0 Å². The molecule has 1 unspecified atom stereocenters. The molecular weight excluding hydrogens is 230 g/mol. The summed E-state index contributed by atoms with van der Waals surface area (Å²) in [6.45, 7) is 0.705. The topological polar surface area (TPSA) is 46.6 Å². The van der Waals surface area contributed by atoms with Gasteiger partial charge in [-0.3, -0.25) is 9.59 Å². The van der Waals surface area contributed by atoms with E-state index in [2.05, 4.69) is 0 Å². The van der Waals surface area contributed by atoms with Gasteiger partial charge in [-0.05, 0) is 29.7 Å². The number of fused-ring (bicyclic) bond motifs is 3. The summed E-state index contributed by atoms with van der Waals surface area (Å²) in [6, 6.07) is 5.83. The number of ether oxygens (including phenoxy) is 1. The van der Waals surface area contributed by atoms with E-state index in [-0.39, 0.29) is 24.2 Å². The molecule has 0 saturated carbocycles. The highest BCUT2D eigenvalue weighted by molar-refractivity contribution is 6.01. The highest BCUT2D eigenvalue weighted by Gasteiger charge is 2.37. The molecule has 1 amide bonds. The molecule has 0 spiro atoms. The largest absolute Gasteiger partial charge is 0.497 e. The molecule has 1 fully saturated rings. The molecule has 18 heavy (non-hydrogen) atoms. The highest BCUT2D eigenvalue weighted by Crippen LogP contribution is 2.37. The third-order valence-electron chi connectivity index (χ3n) is 3.80. The number of methoxy groups -OCH3 is 1. The molecule has 0 aromatic heterocycles. The van der Waals surface area contributed by atoms with Crippen LogP contribution in [0.1, 0.15) is 30.0 Å². The molecule has 1 atom stereocenters. The second-order valence-electron chi connectivity index (χ2n) is 4.84. The van der Waals surface area contributed by atoms with Crippen LogP contribution in [-0.4, -0.2) is 30.2 Å². The molecule has 2 aliphatic rings. The van der Waals surface area contributed by atoms with Crippen LogP contribution in [-0.2, 0) is 16.0 Å². The molecule has 1 saturated heterocycles. The van der Waals surface area contributed by atoms with Gasteiger partial charge in [0.05, 0.1) is 19.6 Å². The Hall–Kier alpha value is -1.84. The van der Waals surface area contributed by atoms with Gasteiger partial charge >= 0.3 is 0 Å². The molecule has 1 aromatic carbocycles. The Balaban J connectivity index is 2.01. The van der Waals surface area contributed by atoms with Gasteiger partial charge in [-0.15, -0.1) is 0 Å². The standard InChI is InChI=1S/C14H15NO3/c1-18-11-2-3-12-9(6-11)4-5-15-13(12)7-10(16)8-14(15)17/h2-3,6,13H,4-5,7-8H2,1H3. The average molecular weight is 245 g/mol. The molecule has 2 aliphatic heterocycles. The second kappa shape index (κ2) is 4.12. The van der Waals surface area contributed by atoms with Crippen LogP contribution in [0, 0.1) is 0 Å². The summed E-state index contributed by atoms with van der Waals surface area (Å²) in [5.74, 6) is 0.846. The molecule has 1 aromatic rings. The van der Waals surface area contributed by atoms with Gasteiger partial charge < -0.3 is 9.64 Å². The van der Waals surface area contributed by atoms with Gasteiger partial charge in [-0.2, -0.15) is 0 Å². The summed E-state index contributed by atoms with van der Waals surface area (Å²) in [4.78, 5) is 25.3. The molecule has 0 radical (unpaired) electrons. The minimum absolute atomic E-state index is 0.0299. The molecule has 0 bridgehead atoms. The van der Waals surface area contributed by atoms with E-state index in [9.17, 15) is 9.59 Å². The first-order valence-corrected chi connectivity index (χ1v) is 6.17. The Kier molecular flexibility index (Phi) is 2.58. The molecule has 94 valence electrons. The number of hydrogen-bond donors (Lipinski definition) is 0. The zero-order chi connectivity index (χ0) is 12.7. The van der Waals surface area contributed by atoms with E-state index < -0.39 is 0 Å². The Bertz CT molecular complexity index is 524. The number of carbonyl (C=O) groups is 2. The fraction of sp³-hybridized carbons (Fsp3) is 0.429. The third kappa shape index (κ3) is 1.68. The Morgan fingerprint density at radius 2 is 2.17 bits per heavy atom. The van der Waals surface area contributed by atoms with Crippen molar-refractivity contribution < 1.29 is 14.3 Å². The monoisotopic (exact) mass is 245 g/mol. The molecule has 2 heterocycles. The van der Waals surface area contributed by atoms with E-state index in [0.29, 0.717) is 13.0 Å². The fourth-order valence-electron chi connectivity index (χ4n) is 2.89. The van der Waals surface area contributed by atoms with E-state index in [1.807, 2.05) is 23.1 Å². The van der Waals surface area contributed by atoms with Gasteiger partial charge in [0.15, 0.2) is 0 Å². The van der Waals surface area contributed by atoms with E-state index in [1.165, 1.54) is 5.56 Å². The number of nitrogens with zero attached hydrogens (tertiary/aromatic N) is 1. The number of carbonyl (C=O) groups excluding carboxylic acids is 2. The van der Waals surface area contributed by atoms with Crippen molar-refractivity contribution in [2.24, 2.45) is 0 Å². The van der Waals surface area contributed by atoms with Gasteiger partial charge in [-0.25, -0.2) is 0 Å². The van der Waals surface area contributed by atoms with Crippen LogP contribution >= 0.6 is 0 Å². The Labute approximate surface area is 106 Å². The summed E-state index contributed by atoms with van der Waals surface area (Å²) in [6.07, 6.45) is 1.36. The van der Waals surface area contributed by atoms with Crippen LogP contribution in [0.15, 0.2) is 18.2 Å². The lowest BCUT2D eigenvalue weighted by molar-refractivity contribution is -0.143. The van der Waals surface area contributed by atoms with Crippen LogP contribution in [0.5, 0.6) is 5.75 Å². The molecule has 4 heteroatoms. The van der Waals surface area contributed by atoms with Crippen molar-refractivity contribution in [1.29, 1.82) is 0 Å². The Morgan fingerprint density at radius 3 is 2.94 bits per heavy atom. The van der Waals surface area contributed by atoms with Crippen LogP contribution in [0.2, 0.25) is 0 Å². The van der Waals surface area contributed by atoms with Crippen molar-refractivity contribution in [3.8, 4) is 5.75 Å². The number of ketones is 1. The normalized spacial score (nSPS) is 22.5. The number of piperidine rings is 1. The maximum Gasteiger partial charge on any atom is 0.230 e. The SMILES string of the molecule is COc1ccc2c(c1)CCN1C(=O)CC(=O)CC21. The first-order chi connectivity index (χ1) is 8.69. The minimum Gasteiger partial charge on any atom is -0.497 e. The zero-order valence-electron chi connectivity index (χ0n) is 10.3. The van der Waals surface area contributed by atoms with Crippen LogP contribution in [0.4, 0.5) is 0 Å². The number of benzene rings is 1. The van der Waals surface area contributed by atoms with Crippen molar-refractivity contribution in [1.82, 2.24) is 4.90 Å². The van der Waals surface area contributed by atoms with Crippen molar-refractivity contribution in [2.45, 2.75) is 25.3 Å². The molecule has 3 rings (SSSR count). The lowest BCUT2D eigenvalue weighted by Gasteiger charge is -2.40.